The first-order valence-corrected chi connectivity index (χ1v) is 14.9. The van der Waals surface area contributed by atoms with E-state index in [9.17, 15) is 4.79 Å². The third kappa shape index (κ3) is 4.34. The van der Waals surface area contributed by atoms with Crippen LogP contribution in [0.1, 0.15) is 36.9 Å². The highest BCUT2D eigenvalue weighted by molar-refractivity contribution is 6.36. The maximum Gasteiger partial charge on any atom is 0.318 e. The number of piperidine rings is 1. The van der Waals surface area contributed by atoms with E-state index in [1.165, 1.54) is 18.1 Å². The second kappa shape index (κ2) is 10.0. The minimum absolute atomic E-state index is 0.192. The minimum Gasteiger partial charge on any atom is -0.462 e. The number of carbonyl (C=O) groups is 1. The summed E-state index contributed by atoms with van der Waals surface area (Å²) >= 11 is 6.70. The van der Waals surface area contributed by atoms with Crippen molar-refractivity contribution in [3.05, 3.63) is 65.3 Å². The molecule has 0 bridgehead atoms. The van der Waals surface area contributed by atoms with Gasteiger partial charge in [0.2, 0.25) is 0 Å². The summed E-state index contributed by atoms with van der Waals surface area (Å²) in [5.41, 5.74) is 3.16. The van der Waals surface area contributed by atoms with Crippen LogP contribution in [0.25, 0.3) is 10.8 Å². The van der Waals surface area contributed by atoms with Gasteiger partial charge in [-0.25, -0.2) is 0 Å². The van der Waals surface area contributed by atoms with Gasteiger partial charge in [-0.15, -0.1) is 0 Å². The zero-order valence-corrected chi connectivity index (χ0v) is 23.9. The quantitative estimate of drug-likeness (QED) is 0.366. The fourth-order valence-electron chi connectivity index (χ4n) is 7.26. The van der Waals surface area contributed by atoms with E-state index in [4.69, 9.17) is 26.3 Å². The Balaban J connectivity index is 1.21. The molecule has 1 aromatic heterocycles. The maximum atomic E-state index is 12.6. The molecule has 0 N–H and O–H groups in total. The number of rotatable bonds is 7. The Kier molecular flexibility index (Phi) is 6.47. The van der Waals surface area contributed by atoms with Gasteiger partial charge >= 0.3 is 6.01 Å². The largest absolute Gasteiger partial charge is 0.462 e. The molecular formula is C32H36ClN5O2. The van der Waals surface area contributed by atoms with E-state index < -0.39 is 0 Å². The number of hydrogen-bond acceptors (Lipinski definition) is 7. The maximum absolute atomic E-state index is 12.6. The van der Waals surface area contributed by atoms with Gasteiger partial charge in [-0.3, -0.25) is 4.79 Å². The lowest BCUT2D eigenvalue weighted by molar-refractivity contribution is -0.120. The molecule has 1 aliphatic carbocycles. The van der Waals surface area contributed by atoms with Crippen LogP contribution in [-0.4, -0.2) is 66.5 Å². The van der Waals surface area contributed by atoms with Crippen LogP contribution in [0, 0.1) is 11.3 Å². The molecule has 0 amide bonds. The van der Waals surface area contributed by atoms with Crippen LogP contribution in [0.2, 0.25) is 5.02 Å². The van der Waals surface area contributed by atoms with Crippen molar-refractivity contribution < 1.29 is 9.53 Å². The van der Waals surface area contributed by atoms with Crippen molar-refractivity contribution in [2.75, 3.05) is 49.6 Å². The molecule has 4 aliphatic rings. The number of likely N-dealkylation sites (tertiary alicyclic amines) is 1. The average molecular weight is 558 g/mol. The lowest BCUT2D eigenvalue weighted by atomic mass is 9.90. The summed E-state index contributed by atoms with van der Waals surface area (Å²) in [7, 11) is 2.16. The Morgan fingerprint density at radius 2 is 2.02 bits per heavy atom. The van der Waals surface area contributed by atoms with E-state index in [1.54, 1.807) is 0 Å². The second-order valence-electron chi connectivity index (χ2n) is 12.0. The summed E-state index contributed by atoms with van der Waals surface area (Å²) in [5.74, 6) is 1.56. The number of allylic oxidation sites excluding steroid dienone is 1. The molecule has 8 heteroatoms. The van der Waals surface area contributed by atoms with Crippen LogP contribution in [0.4, 0.5) is 11.5 Å². The zero-order chi connectivity index (χ0) is 27.4. The number of ether oxygens (including phenoxy) is 1. The van der Waals surface area contributed by atoms with Crippen LogP contribution in [-0.2, 0) is 17.8 Å². The first kappa shape index (κ1) is 25.8. The first-order valence-electron chi connectivity index (χ1n) is 14.5. The van der Waals surface area contributed by atoms with Gasteiger partial charge < -0.3 is 19.4 Å². The standard InChI is InChI=1S/C32H36ClN5O2/c1-3-28(39)32-13-16-38(18-22(32)17-32)30-24-12-15-37(27-11-5-8-21-7-4-10-25(33)29(21)27)19-26(24)34-31(35-30)40-20-23-9-6-14-36(23)2/h3-5,7-8,10-11,22-23H,1,6,9,12-20H2,2H3/t22-,23?,32+/m1/s1. The van der Waals surface area contributed by atoms with Crippen molar-refractivity contribution in [3.63, 3.8) is 0 Å². The molecular weight excluding hydrogens is 522 g/mol. The number of likely N-dealkylation sites (N-methyl/N-ethyl adjacent to an activating group) is 1. The summed E-state index contributed by atoms with van der Waals surface area (Å²) < 4.78 is 6.30. The van der Waals surface area contributed by atoms with E-state index >= 15 is 0 Å². The lowest BCUT2D eigenvalue weighted by Crippen LogP contribution is -2.40. The molecule has 4 heterocycles. The predicted molar refractivity (Wildman–Crippen MR) is 159 cm³/mol. The number of benzene rings is 2. The molecule has 3 aromatic rings. The number of nitrogens with zero attached hydrogens (tertiary/aromatic N) is 5. The zero-order valence-electron chi connectivity index (χ0n) is 23.1. The molecule has 2 aromatic carbocycles. The highest BCUT2D eigenvalue weighted by Gasteiger charge is 2.60. The monoisotopic (exact) mass is 557 g/mol. The lowest BCUT2D eigenvalue weighted by Gasteiger charge is -2.36. The smallest absolute Gasteiger partial charge is 0.318 e. The SMILES string of the molecule is C=CC(=O)[C@]12CCN(c3nc(OCC4CCCN4C)nc4c3CCN(c3cccc5cccc(Cl)c35)C4)C[C@H]1C2. The van der Waals surface area contributed by atoms with E-state index in [0.717, 1.165) is 84.9 Å². The van der Waals surface area contributed by atoms with Gasteiger partial charge in [0.05, 0.1) is 17.3 Å². The number of anilines is 2. The summed E-state index contributed by atoms with van der Waals surface area (Å²) in [4.78, 5) is 29.7. The van der Waals surface area contributed by atoms with E-state index in [1.807, 2.05) is 12.1 Å². The molecule has 1 unspecified atom stereocenters. The Hall–Kier alpha value is -3.16. The van der Waals surface area contributed by atoms with Crippen LogP contribution in [0.5, 0.6) is 6.01 Å². The minimum atomic E-state index is -0.192. The van der Waals surface area contributed by atoms with Gasteiger partial charge in [0, 0.05) is 47.7 Å². The van der Waals surface area contributed by atoms with Crippen molar-refractivity contribution in [1.29, 1.82) is 0 Å². The normalized spacial score (nSPS) is 25.9. The van der Waals surface area contributed by atoms with Crippen molar-refractivity contribution in [3.8, 4) is 6.01 Å². The Labute approximate surface area is 240 Å². The molecule has 208 valence electrons. The topological polar surface area (TPSA) is 61.8 Å². The molecule has 0 radical (unpaired) electrons. The van der Waals surface area contributed by atoms with Gasteiger partial charge in [-0.05, 0) is 75.2 Å². The first-order chi connectivity index (χ1) is 19.5. The van der Waals surface area contributed by atoms with Crippen LogP contribution in [0.15, 0.2) is 49.1 Å². The van der Waals surface area contributed by atoms with Gasteiger partial charge in [0.25, 0.3) is 0 Å². The van der Waals surface area contributed by atoms with E-state index in [-0.39, 0.29) is 11.2 Å². The molecule has 3 atom stereocenters. The number of hydrogen-bond donors (Lipinski definition) is 0. The summed E-state index contributed by atoms with van der Waals surface area (Å²) in [5, 5.41) is 2.99. The van der Waals surface area contributed by atoms with Crippen LogP contribution >= 0.6 is 11.6 Å². The number of aromatic nitrogens is 2. The number of carbonyl (C=O) groups excluding carboxylic acids is 1. The highest BCUT2D eigenvalue weighted by Crippen LogP contribution is 2.59. The predicted octanol–water partition coefficient (Wildman–Crippen LogP) is 5.29. The van der Waals surface area contributed by atoms with Crippen molar-refractivity contribution in [2.24, 2.45) is 11.3 Å². The molecule has 3 aliphatic heterocycles. The van der Waals surface area contributed by atoms with E-state index in [2.05, 4.69) is 52.6 Å². The molecule has 7 nitrogen and oxygen atoms in total. The van der Waals surface area contributed by atoms with Gasteiger partial charge in [0.1, 0.15) is 12.4 Å². The van der Waals surface area contributed by atoms with Crippen molar-refractivity contribution >= 4 is 39.7 Å². The molecule has 1 saturated carbocycles. The molecule has 2 saturated heterocycles. The fourth-order valence-corrected chi connectivity index (χ4v) is 7.54. The number of halogens is 1. The Morgan fingerprint density at radius 1 is 1.18 bits per heavy atom. The second-order valence-corrected chi connectivity index (χ2v) is 12.4. The van der Waals surface area contributed by atoms with Gasteiger partial charge in [0.15, 0.2) is 5.78 Å². The summed E-state index contributed by atoms with van der Waals surface area (Å²) in [6.07, 6.45) is 6.50. The third-order valence-corrected chi connectivity index (χ3v) is 10.1. The number of ketones is 1. The molecule has 0 spiro atoms. The number of fused-ring (bicyclic) bond motifs is 3. The molecule has 3 fully saturated rings. The summed E-state index contributed by atoms with van der Waals surface area (Å²) in [6.45, 7) is 8.64. The average Bonchev–Trinajstić information content (AvgIpc) is 3.59. The van der Waals surface area contributed by atoms with Crippen molar-refractivity contribution in [2.45, 2.75) is 44.7 Å². The molecule has 40 heavy (non-hydrogen) atoms. The highest BCUT2D eigenvalue weighted by atomic mass is 35.5. The Morgan fingerprint density at radius 3 is 2.80 bits per heavy atom. The third-order valence-electron chi connectivity index (χ3n) is 9.75. The van der Waals surface area contributed by atoms with Gasteiger partial charge in [-0.2, -0.15) is 9.97 Å². The van der Waals surface area contributed by atoms with Crippen LogP contribution in [0.3, 0.4) is 0 Å². The summed E-state index contributed by atoms with van der Waals surface area (Å²) in [6, 6.07) is 13.3. The van der Waals surface area contributed by atoms with E-state index in [0.29, 0.717) is 31.1 Å². The molecule has 7 rings (SSSR count). The Bertz CT molecular complexity index is 1490. The van der Waals surface area contributed by atoms with Crippen LogP contribution < -0.4 is 14.5 Å². The fraction of sp³-hybridized carbons (Fsp3) is 0.469. The van der Waals surface area contributed by atoms with Gasteiger partial charge in [-0.1, -0.05) is 42.4 Å². The van der Waals surface area contributed by atoms with Crippen molar-refractivity contribution in [1.82, 2.24) is 14.9 Å².